The van der Waals surface area contributed by atoms with Crippen LogP contribution in [0.5, 0.6) is 0 Å². The molecule has 1 fully saturated rings. The van der Waals surface area contributed by atoms with E-state index in [0.29, 0.717) is 10.4 Å². The fraction of sp³-hybridized carbons (Fsp3) is 0.240. The van der Waals surface area contributed by atoms with E-state index in [2.05, 4.69) is 5.32 Å². The molecule has 8 nitrogen and oxygen atoms in total. The molecule has 0 radical (unpaired) electrons. The Morgan fingerprint density at radius 2 is 1.49 bits per heavy atom. The summed E-state index contributed by atoms with van der Waals surface area (Å²) in [4.78, 5) is 42.4. The topological polar surface area (TPSA) is 104 Å². The average molecular weight is 512 g/mol. The first-order chi connectivity index (χ1) is 16.8. The van der Waals surface area contributed by atoms with Gasteiger partial charge >= 0.3 is 0 Å². The number of carbonyl (C=O) groups is 3. The Morgan fingerprint density at radius 3 is 2.11 bits per heavy atom. The number of hydrogen-bond donors (Lipinski definition) is 1. The second-order valence-corrected chi connectivity index (χ2v) is 11.1. The Kier molecular flexibility index (Phi) is 7.32. The summed E-state index contributed by atoms with van der Waals surface area (Å²) in [5.74, 6) is -1.48. The van der Waals surface area contributed by atoms with Gasteiger partial charge in [-0.15, -0.1) is 11.3 Å². The van der Waals surface area contributed by atoms with Gasteiger partial charge in [-0.2, -0.15) is 0 Å². The minimum absolute atomic E-state index is 0.0572. The molecule has 0 bridgehead atoms. The maximum Gasteiger partial charge on any atom is 0.262 e. The maximum absolute atomic E-state index is 13.5. The Bertz CT molecular complexity index is 1320. The first kappa shape index (κ1) is 24.6. The third-order valence-corrected chi connectivity index (χ3v) is 8.61. The molecule has 3 aromatic rings. The van der Waals surface area contributed by atoms with Crippen LogP contribution >= 0.6 is 11.3 Å². The number of benzene rings is 2. The molecule has 1 aliphatic rings. The molecule has 1 atom stereocenters. The lowest BCUT2D eigenvalue weighted by molar-refractivity contribution is -0.132. The van der Waals surface area contributed by atoms with Crippen molar-refractivity contribution in [1.29, 1.82) is 0 Å². The molecule has 1 saturated heterocycles. The second-order valence-electron chi connectivity index (χ2n) is 8.12. The number of piperazine rings is 1. The van der Waals surface area contributed by atoms with Crippen LogP contribution in [0.1, 0.15) is 25.6 Å². The van der Waals surface area contributed by atoms with Crippen molar-refractivity contribution in [1.82, 2.24) is 15.1 Å². The van der Waals surface area contributed by atoms with E-state index in [1.165, 1.54) is 17.0 Å². The number of sulfone groups is 1. The van der Waals surface area contributed by atoms with E-state index in [-0.39, 0.29) is 37.0 Å². The number of amides is 3. The van der Waals surface area contributed by atoms with Gasteiger partial charge in [0.05, 0.1) is 9.77 Å². The normalized spacial score (nSPS) is 14.9. The zero-order valence-electron chi connectivity index (χ0n) is 19.1. The van der Waals surface area contributed by atoms with Gasteiger partial charge in [0.2, 0.25) is 15.2 Å². The summed E-state index contributed by atoms with van der Waals surface area (Å²) in [6.07, 6.45) is 0. The largest absolute Gasteiger partial charge is 0.336 e. The molecule has 10 heteroatoms. The summed E-state index contributed by atoms with van der Waals surface area (Å²) in [6.45, 7) is 2.70. The molecule has 1 aliphatic heterocycles. The predicted octanol–water partition coefficient (Wildman–Crippen LogP) is 2.57. The Balaban J connectivity index is 1.53. The van der Waals surface area contributed by atoms with Crippen LogP contribution in [0, 0.1) is 6.92 Å². The fourth-order valence-corrected chi connectivity index (χ4v) is 6.01. The van der Waals surface area contributed by atoms with Crippen LogP contribution < -0.4 is 5.32 Å². The minimum atomic E-state index is -4.21. The summed E-state index contributed by atoms with van der Waals surface area (Å²) < 4.78 is 26.8. The molecule has 2 aromatic carbocycles. The standard InChI is InChI=1S/C25H25N3O5S2/c1-18-8-5-6-11-20(18)24(30)27-13-15-28(16-14-27)25(31)23(26-22(29)21-12-7-17-34-21)35(32,33)19-9-3-2-4-10-19/h2-12,17,23H,13-16H2,1H3,(H,26,29). The van der Waals surface area contributed by atoms with Crippen molar-refractivity contribution in [2.24, 2.45) is 0 Å². The molecular weight excluding hydrogens is 486 g/mol. The van der Waals surface area contributed by atoms with Crippen LogP contribution in [-0.4, -0.2) is 67.5 Å². The highest BCUT2D eigenvalue weighted by Crippen LogP contribution is 2.19. The average Bonchev–Trinajstić information content (AvgIpc) is 3.42. The highest BCUT2D eigenvalue weighted by atomic mass is 32.2. The van der Waals surface area contributed by atoms with E-state index in [0.717, 1.165) is 16.9 Å². The first-order valence-electron chi connectivity index (χ1n) is 11.1. The number of nitrogens with zero attached hydrogens (tertiary/aromatic N) is 2. The molecule has 3 amide bonds. The molecule has 2 heterocycles. The van der Waals surface area contributed by atoms with Gasteiger partial charge in [-0.25, -0.2) is 8.42 Å². The quantitative estimate of drug-likeness (QED) is 0.548. The zero-order valence-corrected chi connectivity index (χ0v) is 20.7. The van der Waals surface area contributed by atoms with Crippen molar-refractivity contribution in [2.45, 2.75) is 17.2 Å². The molecule has 1 unspecified atom stereocenters. The highest BCUT2D eigenvalue weighted by molar-refractivity contribution is 7.92. The van der Waals surface area contributed by atoms with E-state index in [1.54, 1.807) is 52.7 Å². The van der Waals surface area contributed by atoms with Crippen LogP contribution in [0.3, 0.4) is 0 Å². The fourth-order valence-electron chi connectivity index (χ4n) is 3.90. The Hall–Kier alpha value is -3.50. The highest BCUT2D eigenvalue weighted by Gasteiger charge is 2.39. The monoisotopic (exact) mass is 511 g/mol. The van der Waals surface area contributed by atoms with Gasteiger partial charge in [0.15, 0.2) is 0 Å². The van der Waals surface area contributed by atoms with Gasteiger partial charge in [-0.05, 0) is 42.1 Å². The van der Waals surface area contributed by atoms with Crippen molar-refractivity contribution in [2.75, 3.05) is 26.2 Å². The summed E-state index contributed by atoms with van der Waals surface area (Å²) in [5.41, 5.74) is 1.46. The molecule has 4 rings (SSSR count). The van der Waals surface area contributed by atoms with E-state index in [4.69, 9.17) is 0 Å². The van der Waals surface area contributed by atoms with Gasteiger partial charge < -0.3 is 15.1 Å². The SMILES string of the molecule is Cc1ccccc1C(=O)N1CCN(C(=O)C(NC(=O)c2cccs2)S(=O)(=O)c2ccccc2)CC1. The zero-order chi connectivity index (χ0) is 25.0. The van der Waals surface area contributed by atoms with Crippen LogP contribution in [0.25, 0.3) is 0 Å². The Morgan fingerprint density at radius 1 is 0.857 bits per heavy atom. The minimum Gasteiger partial charge on any atom is -0.336 e. The number of hydrogen-bond acceptors (Lipinski definition) is 6. The summed E-state index contributed by atoms with van der Waals surface area (Å²) >= 11 is 1.15. The maximum atomic E-state index is 13.5. The van der Waals surface area contributed by atoms with Crippen molar-refractivity contribution in [3.8, 4) is 0 Å². The lowest BCUT2D eigenvalue weighted by Crippen LogP contribution is -2.57. The second kappa shape index (κ2) is 10.4. The molecule has 1 aromatic heterocycles. The number of carbonyl (C=O) groups excluding carboxylic acids is 3. The third kappa shape index (κ3) is 5.28. The van der Waals surface area contributed by atoms with Gasteiger partial charge in [-0.1, -0.05) is 42.5 Å². The number of rotatable bonds is 6. The van der Waals surface area contributed by atoms with E-state index in [9.17, 15) is 22.8 Å². The molecule has 182 valence electrons. The van der Waals surface area contributed by atoms with E-state index < -0.39 is 27.0 Å². The van der Waals surface area contributed by atoms with Crippen molar-refractivity contribution >= 4 is 38.9 Å². The molecule has 0 saturated carbocycles. The molecular formula is C25H25N3O5S2. The van der Waals surface area contributed by atoms with Gasteiger partial charge in [0.1, 0.15) is 0 Å². The number of thiophene rings is 1. The van der Waals surface area contributed by atoms with Crippen LogP contribution in [0.4, 0.5) is 0 Å². The van der Waals surface area contributed by atoms with Gasteiger partial charge in [-0.3, -0.25) is 14.4 Å². The first-order valence-corrected chi connectivity index (χ1v) is 13.5. The Labute approximate surface area is 208 Å². The van der Waals surface area contributed by atoms with Crippen molar-refractivity contribution in [3.05, 3.63) is 88.1 Å². The third-order valence-electron chi connectivity index (χ3n) is 5.87. The summed E-state index contributed by atoms with van der Waals surface area (Å²) in [6, 6.07) is 18.1. The summed E-state index contributed by atoms with van der Waals surface area (Å²) in [7, 11) is -4.21. The summed E-state index contributed by atoms with van der Waals surface area (Å²) in [5, 5.41) is 2.35. The van der Waals surface area contributed by atoms with Crippen LogP contribution in [0.2, 0.25) is 0 Å². The number of nitrogens with one attached hydrogen (secondary N) is 1. The molecule has 0 aliphatic carbocycles. The van der Waals surface area contributed by atoms with E-state index >= 15 is 0 Å². The van der Waals surface area contributed by atoms with Gasteiger partial charge in [0.25, 0.3) is 17.7 Å². The lowest BCUT2D eigenvalue weighted by Gasteiger charge is -2.36. The lowest BCUT2D eigenvalue weighted by atomic mass is 10.1. The van der Waals surface area contributed by atoms with Crippen LogP contribution in [0.15, 0.2) is 77.0 Å². The number of aryl methyl sites for hydroxylation is 1. The van der Waals surface area contributed by atoms with Crippen LogP contribution in [-0.2, 0) is 14.6 Å². The van der Waals surface area contributed by atoms with Crippen molar-refractivity contribution in [3.63, 3.8) is 0 Å². The van der Waals surface area contributed by atoms with E-state index in [1.807, 2.05) is 19.1 Å². The predicted molar refractivity (Wildman–Crippen MR) is 133 cm³/mol. The molecule has 35 heavy (non-hydrogen) atoms. The van der Waals surface area contributed by atoms with Gasteiger partial charge in [0, 0.05) is 31.7 Å². The molecule has 0 spiro atoms. The van der Waals surface area contributed by atoms with Crippen molar-refractivity contribution < 1.29 is 22.8 Å². The molecule has 1 N–H and O–H groups in total. The smallest absolute Gasteiger partial charge is 0.262 e.